The summed E-state index contributed by atoms with van der Waals surface area (Å²) in [5.74, 6) is 0.443. The summed E-state index contributed by atoms with van der Waals surface area (Å²) >= 11 is 0. The molecule has 2 aromatic rings. The molecule has 3 heterocycles. The normalized spacial score (nSPS) is 20.2. The maximum Gasteiger partial charge on any atom is 0.317 e. The summed E-state index contributed by atoms with van der Waals surface area (Å²) in [5.41, 5.74) is 2.41. The lowest BCUT2D eigenvalue weighted by Gasteiger charge is -2.56. The van der Waals surface area contributed by atoms with Gasteiger partial charge in [0.05, 0.1) is 0 Å². The molecular weight excluding hydrogens is 424 g/mol. The number of urea groups is 1. The molecule has 1 aromatic heterocycles. The summed E-state index contributed by atoms with van der Waals surface area (Å²) in [6.45, 7) is 13.9. The van der Waals surface area contributed by atoms with E-state index in [1.54, 1.807) is 0 Å². The van der Waals surface area contributed by atoms with Crippen molar-refractivity contribution in [2.75, 3.05) is 33.2 Å². The molecule has 2 fully saturated rings. The van der Waals surface area contributed by atoms with Crippen LogP contribution in [0.5, 0.6) is 0 Å². The van der Waals surface area contributed by atoms with Crippen LogP contribution in [-0.2, 0) is 12.0 Å². The van der Waals surface area contributed by atoms with E-state index in [0.717, 1.165) is 49.2 Å². The van der Waals surface area contributed by atoms with Crippen LogP contribution in [0.15, 0.2) is 42.7 Å². The van der Waals surface area contributed by atoms with Gasteiger partial charge in [0, 0.05) is 55.1 Å². The van der Waals surface area contributed by atoms with Gasteiger partial charge in [0.2, 0.25) is 0 Å². The Hall–Kier alpha value is -2.44. The van der Waals surface area contributed by atoms with Crippen molar-refractivity contribution in [3.8, 4) is 0 Å². The number of carbonyl (C=O) groups is 1. The molecule has 0 aliphatic carbocycles. The quantitative estimate of drug-likeness (QED) is 0.616. The first-order chi connectivity index (χ1) is 16.0. The maximum atomic E-state index is 12.4. The zero-order chi connectivity index (χ0) is 24.7. The van der Waals surface area contributed by atoms with Gasteiger partial charge in [-0.05, 0) is 62.4 Å². The van der Waals surface area contributed by atoms with E-state index in [1.807, 2.05) is 17.3 Å². The van der Waals surface area contributed by atoms with Crippen molar-refractivity contribution in [2.24, 2.45) is 5.41 Å². The third-order valence-electron chi connectivity index (χ3n) is 7.93. The third-order valence-corrected chi connectivity index (χ3v) is 7.93. The number of carbonyl (C=O) groups excluding carboxylic acids is 1. The number of aryl methyl sites for hydroxylation is 1. The molecule has 2 N–H and O–H groups in total. The van der Waals surface area contributed by atoms with Gasteiger partial charge in [-0.2, -0.15) is 0 Å². The lowest BCUT2D eigenvalue weighted by molar-refractivity contribution is -0.127. The molecule has 0 bridgehead atoms. The van der Waals surface area contributed by atoms with Gasteiger partial charge < -0.3 is 20.2 Å². The molecule has 6 heteroatoms. The van der Waals surface area contributed by atoms with Gasteiger partial charge >= 0.3 is 6.03 Å². The number of hydrogen-bond acceptors (Lipinski definition) is 4. The number of nitrogens with one attached hydrogen (secondary N) is 1. The average molecular weight is 465 g/mol. The monoisotopic (exact) mass is 464 g/mol. The summed E-state index contributed by atoms with van der Waals surface area (Å²) < 4.78 is 0. The van der Waals surface area contributed by atoms with E-state index in [0.29, 0.717) is 12.5 Å². The van der Waals surface area contributed by atoms with Crippen LogP contribution in [0.2, 0.25) is 0 Å². The highest BCUT2D eigenvalue weighted by Gasteiger charge is 2.55. The number of benzene rings is 1. The molecule has 1 atom stereocenters. The summed E-state index contributed by atoms with van der Waals surface area (Å²) in [4.78, 5) is 20.9. The van der Waals surface area contributed by atoms with Gasteiger partial charge in [0.15, 0.2) is 0 Å². The van der Waals surface area contributed by atoms with Gasteiger partial charge in [-0.25, -0.2) is 4.79 Å². The first-order valence-corrected chi connectivity index (χ1v) is 12.5. The zero-order valence-corrected chi connectivity index (χ0v) is 21.6. The number of likely N-dealkylation sites (tertiary alicyclic amines) is 1. The third kappa shape index (κ3) is 4.34. The Morgan fingerprint density at radius 1 is 1.15 bits per heavy atom. The smallest absolute Gasteiger partial charge is 0.317 e. The summed E-state index contributed by atoms with van der Waals surface area (Å²) in [6.07, 6.45) is 5.33. The van der Waals surface area contributed by atoms with Crippen LogP contribution in [0, 0.1) is 5.41 Å². The van der Waals surface area contributed by atoms with Crippen LogP contribution in [0.25, 0.3) is 0 Å². The number of hydrogen-bond donors (Lipinski definition) is 2. The molecule has 2 aliphatic heterocycles. The number of amides is 2. The van der Waals surface area contributed by atoms with Crippen molar-refractivity contribution in [3.63, 3.8) is 0 Å². The number of aliphatic hydroxyl groups is 1. The number of pyridine rings is 1. The maximum absolute atomic E-state index is 12.4. The van der Waals surface area contributed by atoms with Gasteiger partial charge in [-0.3, -0.25) is 4.98 Å². The Kier molecular flexibility index (Phi) is 6.51. The van der Waals surface area contributed by atoms with Crippen LogP contribution in [0.3, 0.4) is 0 Å². The minimum absolute atomic E-state index is 0.0122. The topological polar surface area (TPSA) is 68.7 Å². The summed E-state index contributed by atoms with van der Waals surface area (Å²) in [7, 11) is 2.09. The molecule has 184 valence electrons. The molecule has 6 nitrogen and oxygen atoms in total. The molecule has 2 amide bonds. The molecule has 4 rings (SSSR count). The zero-order valence-electron chi connectivity index (χ0n) is 21.6. The number of rotatable bonds is 8. The molecule has 0 radical (unpaired) electrons. The average Bonchev–Trinajstić information content (AvgIpc) is 3.23. The van der Waals surface area contributed by atoms with Gasteiger partial charge in [-0.1, -0.05) is 45.0 Å². The second-order valence-corrected chi connectivity index (χ2v) is 11.5. The summed E-state index contributed by atoms with van der Waals surface area (Å²) in [6, 6.07) is 10.6. The van der Waals surface area contributed by atoms with Gasteiger partial charge in [-0.15, -0.1) is 0 Å². The van der Waals surface area contributed by atoms with Crippen LogP contribution < -0.4 is 5.32 Å². The highest BCUT2D eigenvalue weighted by atomic mass is 16.3. The van der Waals surface area contributed by atoms with Crippen molar-refractivity contribution in [2.45, 2.75) is 64.5 Å². The van der Waals surface area contributed by atoms with Crippen molar-refractivity contribution in [3.05, 3.63) is 65.0 Å². The SMILES string of the molecule is CC(C)c1ccc(C(O)(c2cncc(CCC(C)(C)N3CCNC3=O)c2)C2(C)CN(C)C2)cc1. The van der Waals surface area contributed by atoms with Crippen LogP contribution in [0.1, 0.15) is 69.2 Å². The van der Waals surface area contributed by atoms with Crippen molar-refractivity contribution in [1.82, 2.24) is 20.1 Å². The molecule has 0 saturated carbocycles. The minimum atomic E-state index is -1.14. The second-order valence-electron chi connectivity index (χ2n) is 11.5. The molecule has 34 heavy (non-hydrogen) atoms. The molecule has 1 aromatic carbocycles. The molecule has 1 unspecified atom stereocenters. The highest BCUT2D eigenvalue weighted by molar-refractivity contribution is 5.77. The Morgan fingerprint density at radius 2 is 1.82 bits per heavy atom. The largest absolute Gasteiger partial charge is 0.380 e. The van der Waals surface area contributed by atoms with E-state index in [2.05, 4.69) is 87.2 Å². The molecule has 2 aliphatic rings. The van der Waals surface area contributed by atoms with E-state index in [4.69, 9.17) is 0 Å². The highest BCUT2D eigenvalue weighted by Crippen LogP contribution is 2.50. The van der Waals surface area contributed by atoms with Crippen LogP contribution in [-0.4, -0.2) is 64.7 Å². The van der Waals surface area contributed by atoms with Crippen LogP contribution in [0.4, 0.5) is 4.79 Å². The Balaban J connectivity index is 1.64. The van der Waals surface area contributed by atoms with E-state index in [9.17, 15) is 9.90 Å². The van der Waals surface area contributed by atoms with Crippen molar-refractivity contribution >= 4 is 6.03 Å². The first-order valence-electron chi connectivity index (χ1n) is 12.5. The minimum Gasteiger partial charge on any atom is -0.380 e. The standard InChI is InChI=1S/C28H40N4O2/c1-20(2)22-7-9-23(10-8-22)28(34,27(5)18-31(6)19-27)24-15-21(16-29-17-24)11-12-26(3,4)32-14-13-30-25(32)33/h7-10,15-17,20,34H,11-14,18-19H2,1-6H3,(H,30,33). The Bertz CT molecular complexity index is 1030. The van der Waals surface area contributed by atoms with Crippen molar-refractivity contribution < 1.29 is 9.90 Å². The lowest BCUT2D eigenvalue weighted by Crippen LogP contribution is -2.63. The van der Waals surface area contributed by atoms with Gasteiger partial charge in [0.25, 0.3) is 0 Å². The second kappa shape index (κ2) is 8.97. The Labute approximate surface area is 204 Å². The number of aromatic nitrogens is 1. The predicted molar refractivity (Wildman–Crippen MR) is 136 cm³/mol. The fourth-order valence-electron chi connectivity index (χ4n) is 5.80. The predicted octanol–water partition coefficient (Wildman–Crippen LogP) is 4.13. The lowest BCUT2D eigenvalue weighted by atomic mass is 9.62. The fraction of sp³-hybridized carbons (Fsp3) is 0.571. The summed E-state index contributed by atoms with van der Waals surface area (Å²) in [5, 5.41) is 15.3. The van der Waals surface area contributed by atoms with Crippen molar-refractivity contribution in [1.29, 1.82) is 0 Å². The van der Waals surface area contributed by atoms with Gasteiger partial charge in [0.1, 0.15) is 5.60 Å². The van der Waals surface area contributed by atoms with E-state index in [1.165, 1.54) is 5.56 Å². The Morgan fingerprint density at radius 3 is 2.38 bits per heavy atom. The number of nitrogens with zero attached hydrogens (tertiary/aromatic N) is 3. The molecule has 0 spiro atoms. The molecular formula is C28H40N4O2. The van der Waals surface area contributed by atoms with E-state index < -0.39 is 5.60 Å². The van der Waals surface area contributed by atoms with E-state index >= 15 is 0 Å². The molecule has 2 saturated heterocycles. The first kappa shape index (κ1) is 24.7. The fourth-order valence-corrected chi connectivity index (χ4v) is 5.80. The van der Waals surface area contributed by atoms with E-state index in [-0.39, 0.29) is 17.0 Å². The van der Waals surface area contributed by atoms with Crippen LogP contribution >= 0.6 is 0 Å².